The fourth-order valence-corrected chi connectivity index (χ4v) is 4.37. The van der Waals surface area contributed by atoms with Crippen molar-refractivity contribution in [2.75, 3.05) is 10.0 Å². The Morgan fingerprint density at radius 2 is 1.93 bits per heavy atom. The monoisotopic (exact) mass is 451 g/mol. The summed E-state index contributed by atoms with van der Waals surface area (Å²) in [6, 6.07) is 12.7. The summed E-state index contributed by atoms with van der Waals surface area (Å²) in [7, 11) is -3.75. The lowest BCUT2D eigenvalue weighted by molar-refractivity contribution is -0.122. The number of carbonyl (C=O) groups is 1. The highest BCUT2D eigenvalue weighted by Crippen LogP contribution is 2.25. The number of nitrogens with zero attached hydrogens (tertiary/aromatic N) is 1. The van der Waals surface area contributed by atoms with Gasteiger partial charge in [-0.1, -0.05) is 30.7 Å². The van der Waals surface area contributed by atoms with Gasteiger partial charge in [0, 0.05) is 17.3 Å². The molecule has 0 aliphatic heterocycles. The number of para-hydroxylation sites is 1. The summed E-state index contributed by atoms with van der Waals surface area (Å²) in [6.45, 7) is 1.82. The Balaban J connectivity index is 1.66. The summed E-state index contributed by atoms with van der Waals surface area (Å²) in [4.78, 5) is 16.5. The lowest BCUT2D eigenvalue weighted by Crippen LogP contribution is -2.32. The Kier molecular flexibility index (Phi) is 6.73. The van der Waals surface area contributed by atoms with Crippen LogP contribution in [0.5, 0.6) is 5.75 Å². The van der Waals surface area contributed by atoms with Crippen molar-refractivity contribution in [2.24, 2.45) is 0 Å². The van der Waals surface area contributed by atoms with Gasteiger partial charge < -0.3 is 10.1 Å². The Labute approximate surface area is 177 Å². The largest absolute Gasteiger partial charge is 0.479 e. The van der Waals surface area contributed by atoms with Crippen LogP contribution in [-0.2, 0) is 14.8 Å². The molecule has 2 N–H and O–H groups in total. The summed E-state index contributed by atoms with van der Waals surface area (Å²) in [5.74, 6) is 0.0646. The minimum absolute atomic E-state index is 0.0602. The van der Waals surface area contributed by atoms with E-state index in [4.69, 9.17) is 16.3 Å². The molecule has 3 rings (SSSR count). The quantitative estimate of drug-likeness (QED) is 0.529. The van der Waals surface area contributed by atoms with E-state index in [0.717, 1.165) is 0 Å². The predicted octanol–water partition coefficient (Wildman–Crippen LogP) is 4.39. The second kappa shape index (κ2) is 9.25. The van der Waals surface area contributed by atoms with E-state index in [2.05, 4.69) is 15.0 Å². The van der Waals surface area contributed by atoms with Crippen LogP contribution >= 0.6 is 22.9 Å². The summed E-state index contributed by atoms with van der Waals surface area (Å²) >= 11 is 7.26. The first kappa shape index (κ1) is 21.1. The zero-order chi connectivity index (χ0) is 20.9. The number of halogens is 1. The number of nitrogens with one attached hydrogen (secondary N) is 2. The predicted molar refractivity (Wildman–Crippen MR) is 114 cm³/mol. The maximum atomic E-state index is 12.5. The number of sulfonamides is 1. The Morgan fingerprint density at radius 3 is 2.55 bits per heavy atom. The average Bonchev–Trinajstić information content (AvgIpc) is 3.20. The first-order valence-corrected chi connectivity index (χ1v) is 11.4. The van der Waals surface area contributed by atoms with Crippen LogP contribution in [0, 0.1) is 0 Å². The summed E-state index contributed by atoms with van der Waals surface area (Å²) in [5.41, 5.74) is 0.449. The second-order valence-corrected chi connectivity index (χ2v) is 8.89. The zero-order valence-electron chi connectivity index (χ0n) is 15.3. The van der Waals surface area contributed by atoms with Gasteiger partial charge in [-0.15, -0.1) is 11.3 Å². The lowest BCUT2D eigenvalue weighted by Gasteiger charge is -2.18. The normalized spacial score (nSPS) is 12.2. The van der Waals surface area contributed by atoms with Crippen molar-refractivity contribution < 1.29 is 17.9 Å². The van der Waals surface area contributed by atoms with Crippen molar-refractivity contribution in [3.8, 4) is 5.75 Å². The molecular weight excluding hydrogens is 434 g/mol. The third kappa shape index (κ3) is 5.47. The smallest absolute Gasteiger partial charge is 0.265 e. The number of benzene rings is 2. The molecule has 0 aliphatic rings. The van der Waals surface area contributed by atoms with E-state index >= 15 is 0 Å². The topological polar surface area (TPSA) is 97.4 Å². The van der Waals surface area contributed by atoms with Gasteiger partial charge in [-0.2, -0.15) is 0 Å². The second-order valence-electron chi connectivity index (χ2n) is 5.90. The van der Waals surface area contributed by atoms with Gasteiger partial charge in [0.25, 0.3) is 15.9 Å². The first-order valence-electron chi connectivity index (χ1n) is 8.63. The van der Waals surface area contributed by atoms with Crippen LogP contribution in [0.1, 0.15) is 13.3 Å². The van der Waals surface area contributed by atoms with E-state index in [1.165, 1.54) is 41.8 Å². The van der Waals surface area contributed by atoms with E-state index in [1.807, 2.05) is 6.92 Å². The molecule has 1 amide bonds. The fourth-order valence-electron chi connectivity index (χ4n) is 2.40. The number of rotatable bonds is 8. The van der Waals surface area contributed by atoms with Crippen molar-refractivity contribution in [1.29, 1.82) is 0 Å². The minimum Gasteiger partial charge on any atom is -0.479 e. The van der Waals surface area contributed by atoms with Crippen LogP contribution in [-0.4, -0.2) is 25.4 Å². The summed E-state index contributed by atoms with van der Waals surface area (Å²) in [5, 5.41) is 5.10. The molecule has 3 aromatic rings. The molecule has 10 heteroatoms. The van der Waals surface area contributed by atoms with Gasteiger partial charge in [0.1, 0.15) is 5.75 Å². The molecule has 0 bridgehead atoms. The number of hydrogen-bond donors (Lipinski definition) is 2. The molecule has 1 aromatic heterocycles. The number of ether oxygens (including phenoxy) is 1. The molecule has 7 nitrogen and oxygen atoms in total. The van der Waals surface area contributed by atoms with Gasteiger partial charge in [0.2, 0.25) is 0 Å². The SMILES string of the molecule is CC[C@@H](Oc1ccccc1Cl)C(=O)Nc1ccc(S(=O)(=O)Nc2nccs2)cc1. The van der Waals surface area contributed by atoms with E-state index in [1.54, 1.807) is 29.6 Å². The standard InChI is InChI=1S/C19H18ClN3O4S2/c1-2-16(27-17-6-4-3-5-15(17)20)18(24)22-13-7-9-14(10-8-13)29(25,26)23-19-21-11-12-28-19/h3-12,16H,2H2,1H3,(H,21,23)(H,22,24)/t16-/m1/s1. The molecule has 1 atom stereocenters. The molecule has 152 valence electrons. The van der Waals surface area contributed by atoms with Gasteiger partial charge in [-0.3, -0.25) is 9.52 Å². The summed E-state index contributed by atoms with van der Waals surface area (Å²) < 4.78 is 32.8. The van der Waals surface area contributed by atoms with Crippen molar-refractivity contribution >= 4 is 49.7 Å². The zero-order valence-corrected chi connectivity index (χ0v) is 17.7. The fraction of sp³-hybridized carbons (Fsp3) is 0.158. The maximum absolute atomic E-state index is 12.5. The lowest BCUT2D eigenvalue weighted by atomic mass is 10.2. The van der Waals surface area contributed by atoms with Gasteiger partial charge >= 0.3 is 0 Å². The van der Waals surface area contributed by atoms with E-state index in [0.29, 0.717) is 22.9 Å². The Bertz CT molecular complexity index is 1070. The van der Waals surface area contributed by atoms with Gasteiger partial charge in [0.05, 0.1) is 9.92 Å². The highest BCUT2D eigenvalue weighted by molar-refractivity contribution is 7.93. The molecule has 0 saturated carbocycles. The van der Waals surface area contributed by atoms with Gasteiger partial charge in [0.15, 0.2) is 11.2 Å². The molecule has 0 spiro atoms. The molecular formula is C19H18ClN3O4S2. The van der Waals surface area contributed by atoms with Crippen LogP contribution in [0.3, 0.4) is 0 Å². The number of anilines is 2. The van der Waals surface area contributed by atoms with Crippen molar-refractivity contribution in [1.82, 2.24) is 4.98 Å². The average molecular weight is 452 g/mol. The molecule has 2 aromatic carbocycles. The number of aromatic nitrogens is 1. The Morgan fingerprint density at radius 1 is 1.21 bits per heavy atom. The third-order valence-electron chi connectivity index (χ3n) is 3.86. The van der Waals surface area contributed by atoms with Crippen molar-refractivity contribution in [2.45, 2.75) is 24.3 Å². The van der Waals surface area contributed by atoms with Gasteiger partial charge in [-0.05, 0) is 42.8 Å². The maximum Gasteiger partial charge on any atom is 0.265 e. The highest BCUT2D eigenvalue weighted by Gasteiger charge is 2.20. The van der Waals surface area contributed by atoms with Gasteiger partial charge in [-0.25, -0.2) is 13.4 Å². The summed E-state index contributed by atoms with van der Waals surface area (Å²) in [6.07, 6.45) is 1.20. The number of thiazole rings is 1. The third-order valence-corrected chi connectivity index (χ3v) is 6.34. The Hall–Kier alpha value is -2.62. The van der Waals surface area contributed by atoms with Crippen LogP contribution in [0.4, 0.5) is 10.8 Å². The molecule has 0 unspecified atom stereocenters. The van der Waals surface area contributed by atoms with Crippen LogP contribution in [0.15, 0.2) is 65.0 Å². The van der Waals surface area contributed by atoms with Crippen LogP contribution in [0.2, 0.25) is 5.02 Å². The molecule has 0 saturated heterocycles. The van der Waals surface area contributed by atoms with Crippen LogP contribution < -0.4 is 14.8 Å². The van der Waals surface area contributed by atoms with E-state index in [9.17, 15) is 13.2 Å². The highest BCUT2D eigenvalue weighted by atomic mass is 35.5. The number of amides is 1. The van der Waals surface area contributed by atoms with Crippen molar-refractivity contribution in [3.63, 3.8) is 0 Å². The molecule has 1 heterocycles. The molecule has 29 heavy (non-hydrogen) atoms. The number of hydrogen-bond acceptors (Lipinski definition) is 6. The molecule has 0 radical (unpaired) electrons. The number of carbonyl (C=O) groups excluding carboxylic acids is 1. The minimum atomic E-state index is -3.75. The van der Waals surface area contributed by atoms with E-state index < -0.39 is 16.1 Å². The molecule has 0 aliphatic carbocycles. The van der Waals surface area contributed by atoms with E-state index in [-0.39, 0.29) is 15.9 Å². The molecule has 0 fully saturated rings. The first-order chi connectivity index (χ1) is 13.9. The van der Waals surface area contributed by atoms with Crippen LogP contribution in [0.25, 0.3) is 0 Å². The van der Waals surface area contributed by atoms with Crippen molar-refractivity contribution in [3.05, 3.63) is 65.1 Å².